The number of aromatic nitrogens is 2. The quantitative estimate of drug-likeness (QED) is 0.902. The average molecular weight is 248 g/mol. The predicted molar refractivity (Wildman–Crippen MR) is 66.1 cm³/mol. The zero-order chi connectivity index (χ0) is 12.3. The summed E-state index contributed by atoms with van der Waals surface area (Å²) in [5.41, 5.74) is 2.78. The third-order valence-corrected chi connectivity index (χ3v) is 3.32. The number of aliphatic carboxylic acids is 1. The molecule has 0 saturated heterocycles. The molecule has 0 aliphatic rings. The first-order chi connectivity index (χ1) is 8.20. The van der Waals surface area contributed by atoms with Crippen molar-refractivity contribution in [1.82, 2.24) is 9.97 Å². The van der Waals surface area contributed by atoms with Crippen LogP contribution in [0.25, 0.3) is 10.6 Å². The lowest BCUT2D eigenvalue weighted by atomic mass is 10.1. The van der Waals surface area contributed by atoms with Crippen LogP contribution >= 0.6 is 11.3 Å². The van der Waals surface area contributed by atoms with Crippen molar-refractivity contribution in [2.75, 3.05) is 0 Å². The Kier molecular flexibility index (Phi) is 3.49. The van der Waals surface area contributed by atoms with Crippen LogP contribution in [0.15, 0.2) is 23.8 Å². The number of thiazole rings is 1. The fraction of sp³-hybridized carbons (Fsp3) is 0.250. The number of carbonyl (C=O) groups is 1. The van der Waals surface area contributed by atoms with Gasteiger partial charge in [-0.3, -0.25) is 9.78 Å². The first-order valence-corrected chi connectivity index (χ1v) is 6.18. The van der Waals surface area contributed by atoms with Gasteiger partial charge in [0.1, 0.15) is 5.01 Å². The maximum Gasteiger partial charge on any atom is 0.309 e. The Balaban J connectivity index is 2.33. The highest BCUT2D eigenvalue weighted by atomic mass is 32.1. The number of pyridine rings is 1. The first-order valence-electron chi connectivity index (χ1n) is 5.30. The largest absolute Gasteiger partial charge is 0.481 e. The summed E-state index contributed by atoms with van der Waals surface area (Å²) in [6, 6.07) is 1.92. The van der Waals surface area contributed by atoms with Gasteiger partial charge in [0.25, 0.3) is 0 Å². The minimum Gasteiger partial charge on any atom is -0.481 e. The second-order valence-corrected chi connectivity index (χ2v) is 4.46. The molecule has 0 radical (unpaired) electrons. The van der Waals surface area contributed by atoms with Crippen LogP contribution in [0.5, 0.6) is 0 Å². The van der Waals surface area contributed by atoms with Crippen LogP contribution < -0.4 is 0 Å². The fourth-order valence-electron chi connectivity index (χ4n) is 1.58. The second kappa shape index (κ2) is 5.05. The van der Waals surface area contributed by atoms with Gasteiger partial charge in [-0.15, -0.1) is 11.3 Å². The van der Waals surface area contributed by atoms with Crippen LogP contribution in [0.3, 0.4) is 0 Å². The summed E-state index contributed by atoms with van der Waals surface area (Å²) in [4.78, 5) is 19.0. The molecule has 0 aliphatic carbocycles. The van der Waals surface area contributed by atoms with E-state index in [4.69, 9.17) is 5.11 Å². The van der Waals surface area contributed by atoms with E-state index in [-0.39, 0.29) is 6.42 Å². The van der Waals surface area contributed by atoms with Gasteiger partial charge in [0.05, 0.1) is 12.1 Å². The van der Waals surface area contributed by atoms with Crippen LogP contribution in [-0.4, -0.2) is 21.0 Å². The Labute approximate surface area is 103 Å². The maximum absolute atomic E-state index is 10.6. The standard InChI is InChI=1S/C12H12N2O2S/c1-2-8-6-13-4-3-10(8)12-14-9(7-17-12)5-11(15)16/h3-4,6-7H,2,5H2,1H3,(H,15,16). The van der Waals surface area contributed by atoms with Crippen molar-refractivity contribution < 1.29 is 9.90 Å². The fourth-order valence-corrected chi connectivity index (χ4v) is 2.46. The van der Waals surface area contributed by atoms with E-state index in [9.17, 15) is 4.79 Å². The van der Waals surface area contributed by atoms with Crippen molar-refractivity contribution in [1.29, 1.82) is 0 Å². The minimum absolute atomic E-state index is 0.0248. The lowest BCUT2D eigenvalue weighted by Gasteiger charge is -2.02. The highest BCUT2D eigenvalue weighted by Crippen LogP contribution is 2.26. The summed E-state index contributed by atoms with van der Waals surface area (Å²) in [6.07, 6.45) is 4.42. The predicted octanol–water partition coefficient (Wildman–Crippen LogP) is 2.39. The van der Waals surface area contributed by atoms with E-state index in [2.05, 4.69) is 16.9 Å². The van der Waals surface area contributed by atoms with Crippen LogP contribution in [0.4, 0.5) is 0 Å². The molecule has 2 aromatic heterocycles. The zero-order valence-electron chi connectivity index (χ0n) is 9.38. The third kappa shape index (κ3) is 2.68. The van der Waals surface area contributed by atoms with E-state index >= 15 is 0 Å². The molecule has 0 fully saturated rings. The topological polar surface area (TPSA) is 63.1 Å². The molecule has 0 bridgehead atoms. The number of hydrogen-bond acceptors (Lipinski definition) is 4. The van der Waals surface area contributed by atoms with Crippen LogP contribution in [0.1, 0.15) is 18.2 Å². The molecule has 2 aromatic rings. The van der Waals surface area contributed by atoms with E-state index in [1.54, 1.807) is 11.6 Å². The van der Waals surface area contributed by atoms with Gasteiger partial charge >= 0.3 is 5.97 Å². The van der Waals surface area contributed by atoms with Crippen molar-refractivity contribution in [2.24, 2.45) is 0 Å². The van der Waals surface area contributed by atoms with Gasteiger partial charge < -0.3 is 5.11 Å². The second-order valence-electron chi connectivity index (χ2n) is 3.60. The van der Waals surface area contributed by atoms with Crippen molar-refractivity contribution in [2.45, 2.75) is 19.8 Å². The molecular weight excluding hydrogens is 236 g/mol. The minimum atomic E-state index is -0.854. The smallest absolute Gasteiger partial charge is 0.309 e. The van der Waals surface area contributed by atoms with Crippen LogP contribution in [-0.2, 0) is 17.6 Å². The monoisotopic (exact) mass is 248 g/mol. The van der Waals surface area contributed by atoms with E-state index < -0.39 is 5.97 Å². The van der Waals surface area contributed by atoms with Crippen molar-refractivity contribution in [3.63, 3.8) is 0 Å². The molecule has 2 heterocycles. The molecule has 1 N–H and O–H groups in total. The van der Waals surface area contributed by atoms with Gasteiger partial charge in [-0.2, -0.15) is 0 Å². The van der Waals surface area contributed by atoms with Crippen molar-refractivity contribution in [3.8, 4) is 10.6 Å². The van der Waals surface area contributed by atoms with Gasteiger partial charge in [-0.05, 0) is 18.1 Å². The third-order valence-electron chi connectivity index (χ3n) is 2.40. The zero-order valence-corrected chi connectivity index (χ0v) is 10.2. The van der Waals surface area contributed by atoms with E-state index in [0.29, 0.717) is 5.69 Å². The summed E-state index contributed by atoms with van der Waals surface area (Å²) in [5.74, 6) is -0.854. The summed E-state index contributed by atoms with van der Waals surface area (Å²) < 4.78 is 0. The molecule has 0 aliphatic heterocycles. The first kappa shape index (κ1) is 11.7. The van der Waals surface area contributed by atoms with E-state index in [1.165, 1.54) is 11.3 Å². The van der Waals surface area contributed by atoms with Crippen molar-refractivity contribution in [3.05, 3.63) is 35.1 Å². The van der Waals surface area contributed by atoms with Gasteiger partial charge in [-0.1, -0.05) is 6.92 Å². The normalized spacial score (nSPS) is 10.4. The summed E-state index contributed by atoms with van der Waals surface area (Å²) >= 11 is 1.47. The van der Waals surface area contributed by atoms with E-state index in [1.807, 2.05) is 12.3 Å². The van der Waals surface area contributed by atoms with Crippen LogP contribution in [0, 0.1) is 0 Å². The Morgan fingerprint density at radius 3 is 3.06 bits per heavy atom. The SMILES string of the molecule is CCc1cnccc1-c1nc(CC(=O)O)cs1. The number of carboxylic acids is 1. The lowest BCUT2D eigenvalue weighted by Crippen LogP contribution is -2.00. The highest BCUT2D eigenvalue weighted by Gasteiger charge is 2.10. The molecule has 4 nitrogen and oxygen atoms in total. The molecular formula is C12H12N2O2S. The van der Waals surface area contributed by atoms with Crippen molar-refractivity contribution >= 4 is 17.3 Å². The summed E-state index contributed by atoms with van der Waals surface area (Å²) in [7, 11) is 0. The number of aryl methyl sites for hydroxylation is 1. The number of rotatable bonds is 4. The van der Waals surface area contributed by atoms with Crippen LogP contribution in [0.2, 0.25) is 0 Å². The average Bonchev–Trinajstić information content (AvgIpc) is 2.76. The Morgan fingerprint density at radius 1 is 1.53 bits per heavy atom. The van der Waals surface area contributed by atoms with E-state index in [0.717, 1.165) is 22.6 Å². The number of nitrogens with zero attached hydrogens (tertiary/aromatic N) is 2. The summed E-state index contributed by atoms with van der Waals surface area (Å²) in [6.45, 7) is 2.06. The molecule has 88 valence electrons. The Morgan fingerprint density at radius 2 is 2.35 bits per heavy atom. The van der Waals surface area contributed by atoms with Gasteiger partial charge in [0.2, 0.25) is 0 Å². The highest BCUT2D eigenvalue weighted by molar-refractivity contribution is 7.13. The van der Waals surface area contributed by atoms with Gasteiger partial charge in [-0.25, -0.2) is 4.98 Å². The number of carboxylic acid groups (broad SMARTS) is 1. The van der Waals surface area contributed by atoms with Gasteiger partial charge in [0, 0.05) is 23.3 Å². The molecule has 0 unspecified atom stereocenters. The molecule has 0 amide bonds. The molecule has 0 aromatic carbocycles. The van der Waals surface area contributed by atoms with Gasteiger partial charge in [0.15, 0.2) is 0 Å². The molecule has 0 saturated carbocycles. The summed E-state index contributed by atoms with van der Waals surface area (Å²) in [5, 5.41) is 11.4. The molecule has 5 heteroatoms. The Hall–Kier alpha value is -1.75. The molecule has 0 spiro atoms. The number of hydrogen-bond donors (Lipinski definition) is 1. The molecule has 2 rings (SSSR count). The molecule has 17 heavy (non-hydrogen) atoms. The molecule has 0 atom stereocenters. The Bertz CT molecular complexity index is 537. The maximum atomic E-state index is 10.6. The lowest BCUT2D eigenvalue weighted by molar-refractivity contribution is -0.136.